The van der Waals surface area contributed by atoms with Crippen LogP contribution in [0.1, 0.15) is 35.7 Å². The lowest BCUT2D eigenvalue weighted by Crippen LogP contribution is -2.40. The Morgan fingerprint density at radius 1 is 1.33 bits per heavy atom. The van der Waals surface area contributed by atoms with E-state index in [0.29, 0.717) is 10.7 Å². The number of benzene rings is 1. The van der Waals surface area contributed by atoms with Gasteiger partial charge in [-0.1, -0.05) is 41.1 Å². The molecule has 0 radical (unpaired) electrons. The molecule has 0 bridgehead atoms. The molecule has 1 fully saturated rings. The van der Waals surface area contributed by atoms with Crippen LogP contribution in [0.2, 0.25) is 0 Å². The van der Waals surface area contributed by atoms with Crippen LogP contribution in [0.15, 0.2) is 24.3 Å². The quantitative estimate of drug-likeness (QED) is 0.764. The first kappa shape index (κ1) is 13.6. The summed E-state index contributed by atoms with van der Waals surface area (Å²) in [4.78, 5) is 15.0. The number of carbonyl (C=O) groups is 1. The average Bonchev–Trinajstić information content (AvgIpc) is 2.38. The molecule has 0 aromatic heterocycles. The van der Waals surface area contributed by atoms with Crippen LogP contribution in [-0.2, 0) is 0 Å². The maximum Gasteiger partial charge on any atom is 0.254 e. The normalized spacial score (nSPS) is 18.7. The fourth-order valence-corrected chi connectivity index (χ4v) is 3.07. The van der Waals surface area contributed by atoms with E-state index in [1.165, 1.54) is 0 Å². The van der Waals surface area contributed by atoms with Crippen molar-refractivity contribution in [3.8, 4) is 0 Å². The molecule has 3 heteroatoms. The summed E-state index contributed by atoms with van der Waals surface area (Å²) >= 11 is 3.65. The molecule has 2 rings (SSSR count). The number of alkyl halides is 1. The summed E-state index contributed by atoms with van der Waals surface area (Å²) in [6.07, 6.45) is 2.20. The molecule has 1 unspecified atom stereocenters. The second-order valence-electron chi connectivity index (χ2n) is 5.12. The molecule has 1 aromatic rings. The second kappa shape index (κ2) is 5.87. The summed E-state index contributed by atoms with van der Waals surface area (Å²) < 4.78 is 0. The van der Waals surface area contributed by atoms with E-state index in [4.69, 9.17) is 0 Å². The summed E-state index contributed by atoms with van der Waals surface area (Å²) in [5.74, 6) is 0.889. The van der Waals surface area contributed by atoms with E-state index in [1.807, 2.05) is 36.1 Å². The molecule has 1 saturated heterocycles. The first-order valence-corrected chi connectivity index (χ1v) is 7.50. The fourth-order valence-electron chi connectivity index (χ4n) is 2.55. The van der Waals surface area contributed by atoms with E-state index < -0.39 is 0 Å². The largest absolute Gasteiger partial charge is 0.339 e. The van der Waals surface area contributed by atoms with Crippen molar-refractivity contribution in [3.63, 3.8) is 0 Å². The number of nitrogens with zero attached hydrogens (tertiary/aromatic N) is 1. The van der Waals surface area contributed by atoms with Crippen molar-refractivity contribution in [2.75, 3.05) is 13.1 Å². The highest BCUT2D eigenvalue weighted by Gasteiger charge is 2.26. The maximum atomic E-state index is 12.4. The number of hydrogen-bond donors (Lipinski definition) is 0. The SMILES string of the molecule is Cc1ccccc1C(=O)N1CCC(C(C)Br)CC1. The van der Waals surface area contributed by atoms with Gasteiger partial charge in [0.25, 0.3) is 5.91 Å². The van der Waals surface area contributed by atoms with E-state index in [-0.39, 0.29) is 5.91 Å². The van der Waals surface area contributed by atoms with Gasteiger partial charge in [0.1, 0.15) is 0 Å². The number of piperidine rings is 1. The molecule has 0 aliphatic carbocycles. The Morgan fingerprint density at radius 2 is 1.94 bits per heavy atom. The van der Waals surface area contributed by atoms with Gasteiger partial charge in [0.05, 0.1) is 0 Å². The van der Waals surface area contributed by atoms with Gasteiger partial charge in [-0.05, 0) is 37.3 Å². The van der Waals surface area contributed by atoms with E-state index in [9.17, 15) is 4.79 Å². The van der Waals surface area contributed by atoms with Crippen molar-refractivity contribution in [1.82, 2.24) is 4.90 Å². The van der Waals surface area contributed by atoms with Crippen LogP contribution in [0.4, 0.5) is 0 Å². The third-order valence-electron chi connectivity index (χ3n) is 3.85. The van der Waals surface area contributed by atoms with Crippen molar-refractivity contribution in [2.24, 2.45) is 5.92 Å². The number of likely N-dealkylation sites (tertiary alicyclic amines) is 1. The van der Waals surface area contributed by atoms with Gasteiger partial charge < -0.3 is 4.90 Å². The van der Waals surface area contributed by atoms with Gasteiger partial charge in [-0.15, -0.1) is 0 Å². The third kappa shape index (κ3) is 2.94. The van der Waals surface area contributed by atoms with Crippen LogP contribution in [0.25, 0.3) is 0 Å². The Bertz CT molecular complexity index is 422. The van der Waals surface area contributed by atoms with Crippen molar-refractivity contribution in [2.45, 2.75) is 31.5 Å². The molecule has 1 amide bonds. The first-order valence-electron chi connectivity index (χ1n) is 6.58. The minimum atomic E-state index is 0.189. The van der Waals surface area contributed by atoms with Gasteiger partial charge in [0, 0.05) is 23.5 Å². The van der Waals surface area contributed by atoms with Crippen LogP contribution in [-0.4, -0.2) is 28.7 Å². The zero-order valence-corrected chi connectivity index (χ0v) is 12.6. The maximum absolute atomic E-state index is 12.4. The Hall–Kier alpha value is -0.830. The van der Waals surface area contributed by atoms with Crippen LogP contribution in [0.3, 0.4) is 0 Å². The zero-order chi connectivity index (χ0) is 13.1. The van der Waals surface area contributed by atoms with Crippen molar-refractivity contribution >= 4 is 21.8 Å². The topological polar surface area (TPSA) is 20.3 Å². The van der Waals surface area contributed by atoms with Crippen LogP contribution in [0.5, 0.6) is 0 Å². The number of hydrogen-bond acceptors (Lipinski definition) is 1. The number of halogens is 1. The highest BCUT2D eigenvalue weighted by molar-refractivity contribution is 9.09. The molecule has 1 aliphatic heterocycles. The summed E-state index contributed by atoms with van der Waals surface area (Å²) in [6.45, 7) is 5.96. The number of aryl methyl sites for hydroxylation is 1. The van der Waals surface area contributed by atoms with Gasteiger partial charge in [-0.25, -0.2) is 0 Å². The molecule has 1 heterocycles. The lowest BCUT2D eigenvalue weighted by molar-refractivity contribution is 0.0691. The molecule has 18 heavy (non-hydrogen) atoms. The molecule has 0 N–H and O–H groups in total. The van der Waals surface area contributed by atoms with E-state index in [0.717, 1.165) is 37.1 Å². The minimum Gasteiger partial charge on any atom is -0.339 e. The summed E-state index contributed by atoms with van der Waals surface area (Å²) in [5, 5.41) is 0. The Balaban J connectivity index is 2.02. The van der Waals surface area contributed by atoms with Gasteiger partial charge >= 0.3 is 0 Å². The van der Waals surface area contributed by atoms with E-state index >= 15 is 0 Å². The molecule has 2 nitrogen and oxygen atoms in total. The molecule has 98 valence electrons. The van der Waals surface area contributed by atoms with Crippen LogP contribution < -0.4 is 0 Å². The number of amides is 1. The number of rotatable bonds is 2. The van der Waals surface area contributed by atoms with Crippen molar-refractivity contribution in [1.29, 1.82) is 0 Å². The van der Waals surface area contributed by atoms with Crippen molar-refractivity contribution in [3.05, 3.63) is 35.4 Å². The highest BCUT2D eigenvalue weighted by atomic mass is 79.9. The average molecular weight is 310 g/mol. The first-order chi connectivity index (χ1) is 8.59. The smallest absolute Gasteiger partial charge is 0.254 e. The van der Waals surface area contributed by atoms with Gasteiger partial charge in [-0.3, -0.25) is 4.79 Å². The fraction of sp³-hybridized carbons (Fsp3) is 0.533. The van der Waals surface area contributed by atoms with Crippen LogP contribution in [0, 0.1) is 12.8 Å². The molecule has 0 saturated carbocycles. The summed E-state index contributed by atoms with van der Waals surface area (Å²) in [7, 11) is 0. The third-order valence-corrected chi connectivity index (χ3v) is 4.60. The molecular weight excluding hydrogens is 290 g/mol. The lowest BCUT2D eigenvalue weighted by Gasteiger charge is -2.33. The monoisotopic (exact) mass is 309 g/mol. The molecule has 1 aliphatic rings. The van der Waals surface area contributed by atoms with E-state index in [1.54, 1.807) is 0 Å². The Labute approximate surface area is 117 Å². The Morgan fingerprint density at radius 3 is 2.50 bits per heavy atom. The molecule has 0 spiro atoms. The van der Waals surface area contributed by atoms with Gasteiger partial charge in [0.2, 0.25) is 0 Å². The van der Waals surface area contributed by atoms with E-state index in [2.05, 4.69) is 22.9 Å². The molecule has 1 atom stereocenters. The standard InChI is InChI=1S/C15H20BrNO/c1-11-5-3-4-6-14(11)15(18)17-9-7-13(8-10-17)12(2)16/h3-6,12-13H,7-10H2,1-2H3. The van der Waals surface area contributed by atoms with Gasteiger partial charge in [0.15, 0.2) is 0 Å². The second-order valence-corrected chi connectivity index (χ2v) is 6.57. The van der Waals surface area contributed by atoms with Gasteiger partial charge in [-0.2, -0.15) is 0 Å². The zero-order valence-electron chi connectivity index (χ0n) is 11.0. The molecular formula is C15H20BrNO. The number of carbonyl (C=O) groups excluding carboxylic acids is 1. The highest BCUT2D eigenvalue weighted by Crippen LogP contribution is 2.26. The predicted octanol–water partition coefficient (Wildman–Crippen LogP) is 3.63. The summed E-state index contributed by atoms with van der Waals surface area (Å²) in [6, 6.07) is 7.84. The summed E-state index contributed by atoms with van der Waals surface area (Å²) in [5.41, 5.74) is 1.92. The minimum absolute atomic E-state index is 0.189. The Kier molecular flexibility index (Phi) is 4.44. The van der Waals surface area contributed by atoms with Crippen molar-refractivity contribution < 1.29 is 4.79 Å². The lowest BCUT2D eigenvalue weighted by atomic mass is 9.93. The molecule has 1 aromatic carbocycles. The van der Waals surface area contributed by atoms with Crippen LogP contribution >= 0.6 is 15.9 Å². The predicted molar refractivity (Wildman–Crippen MR) is 78.2 cm³/mol.